The van der Waals surface area contributed by atoms with E-state index in [1.54, 1.807) is 30.6 Å². The van der Waals surface area contributed by atoms with Gasteiger partial charge in [0.15, 0.2) is 0 Å². The SMILES string of the molecule is Cc1cc(S(=O)(=O)N2CCC(n3ncc(NCC4CCCOC4)c(Cl)c3=O)CC2)ccc1Br.O=c1c(Cl)c(NC[C@@H]2CCCOC2)cnn1C1CCNCC1. The summed E-state index contributed by atoms with van der Waals surface area (Å²) < 4.78 is 42.3. The second-order valence-electron chi connectivity index (χ2n) is 14.7. The third-order valence-corrected chi connectivity index (χ3v) is 14.3. The van der Waals surface area contributed by atoms with E-state index in [9.17, 15) is 18.0 Å². The zero-order valence-electron chi connectivity index (χ0n) is 31.2. The molecule has 4 aliphatic heterocycles. The number of rotatable bonds is 10. The van der Waals surface area contributed by atoms with Gasteiger partial charge in [-0.1, -0.05) is 39.1 Å². The van der Waals surface area contributed by atoms with Crippen LogP contribution in [0.25, 0.3) is 0 Å². The molecule has 3 aromatic rings. The zero-order chi connectivity index (χ0) is 39.0. The number of aromatic nitrogens is 4. The van der Waals surface area contributed by atoms with Gasteiger partial charge in [0.05, 0.1) is 54.0 Å². The van der Waals surface area contributed by atoms with E-state index in [0.717, 1.165) is 88.0 Å². The number of hydrogen-bond acceptors (Lipinski definition) is 11. The van der Waals surface area contributed by atoms with Crippen molar-refractivity contribution < 1.29 is 17.9 Å². The topological polar surface area (TPSA) is 162 Å². The fourth-order valence-electron chi connectivity index (χ4n) is 7.41. The van der Waals surface area contributed by atoms with Gasteiger partial charge >= 0.3 is 0 Å². The van der Waals surface area contributed by atoms with Crippen molar-refractivity contribution in [1.29, 1.82) is 0 Å². The first-order valence-electron chi connectivity index (χ1n) is 19.2. The number of anilines is 2. The van der Waals surface area contributed by atoms with Gasteiger partial charge in [-0.25, -0.2) is 17.8 Å². The third-order valence-electron chi connectivity index (χ3n) is 10.7. The van der Waals surface area contributed by atoms with Crippen LogP contribution >= 0.6 is 39.1 Å². The molecule has 6 heterocycles. The lowest BCUT2D eigenvalue weighted by Crippen LogP contribution is -2.41. The Morgan fingerprint density at radius 3 is 1.80 bits per heavy atom. The molecule has 2 aromatic heterocycles. The monoisotopic (exact) mass is 884 g/mol. The molecule has 0 aliphatic carbocycles. The Morgan fingerprint density at radius 1 is 0.818 bits per heavy atom. The number of benzene rings is 1. The Bertz CT molecular complexity index is 1980. The van der Waals surface area contributed by atoms with Crippen LogP contribution in [0, 0.1) is 18.8 Å². The number of nitrogens with zero attached hydrogens (tertiary/aromatic N) is 5. The van der Waals surface area contributed by atoms with Gasteiger partial charge in [-0.3, -0.25) is 9.59 Å². The van der Waals surface area contributed by atoms with Gasteiger partial charge in [0.1, 0.15) is 10.0 Å². The van der Waals surface area contributed by atoms with Gasteiger partial charge in [-0.05, 0) is 107 Å². The van der Waals surface area contributed by atoms with Crippen molar-refractivity contribution in [2.75, 3.05) is 76.3 Å². The Hall–Kier alpha value is -2.57. The van der Waals surface area contributed by atoms with E-state index in [4.69, 9.17) is 32.7 Å². The smallest absolute Gasteiger partial charge is 0.287 e. The summed E-state index contributed by atoms with van der Waals surface area (Å²) in [7, 11) is -3.59. The number of hydrogen-bond donors (Lipinski definition) is 3. The van der Waals surface area contributed by atoms with Gasteiger partial charge < -0.3 is 25.4 Å². The highest BCUT2D eigenvalue weighted by molar-refractivity contribution is 9.10. The average molecular weight is 887 g/mol. The molecular formula is C37H51BrCl2N8O6S. The fraction of sp³-hybridized carbons (Fsp3) is 0.622. The maximum absolute atomic E-state index is 13.1. The molecule has 0 radical (unpaired) electrons. The molecule has 0 amide bonds. The van der Waals surface area contributed by atoms with Crippen LogP contribution in [0.15, 0.2) is 49.6 Å². The zero-order valence-corrected chi connectivity index (χ0v) is 35.1. The first-order chi connectivity index (χ1) is 26.5. The molecule has 4 aliphatic rings. The molecule has 0 saturated carbocycles. The van der Waals surface area contributed by atoms with Crippen LogP contribution in [0.5, 0.6) is 0 Å². The largest absolute Gasteiger partial charge is 0.382 e. The van der Waals surface area contributed by atoms with Crippen molar-refractivity contribution in [1.82, 2.24) is 29.2 Å². The molecule has 4 fully saturated rings. The molecular weight excluding hydrogens is 835 g/mol. The number of halogens is 3. The lowest BCUT2D eigenvalue weighted by molar-refractivity contribution is 0.0594. The Kier molecular flexibility index (Phi) is 15.1. The van der Waals surface area contributed by atoms with Gasteiger partial charge in [0.2, 0.25) is 10.0 Å². The van der Waals surface area contributed by atoms with Gasteiger partial charge in [-0.2, -0.15) is 14.5 Å². The summed E-state index contributed by atoms with van der Waals surface area (Å²) in [6.07, 6.45) is 10.4. The number of ether oxygens (including phenoxy) is 2. The molecule has 302 valence electrons. The lowest BCUT2D eigenvalue weighted by Gasteiger charge is -2.31. The van der Waals surface area contributed by atoms with Crippen molar-refractivity contribution in [3.63, 3.8) is 0 Å². The molecule has 7 rings (SSSR count). The minimum Gasteiger partial charge on any atom is -0.382 e. The Morgan fingerprint density at radius 2 is 1.33 bits per heavy atom. The normalized spacial score (nSPS) is 21.7. The standard InChI is InChI=1S/C22H28BrClN4O4S.C15H23ClN4O2/c1-15-11-18(4-5-19(15)23)33(30,31)27-8-6-17(7-9-27)28-22(29)21(24)20(13-26-28)25-12-16-3-2-10-32-14-16;16-14-13(18-8-11-2-1-7-22-10-11)9-19-20(15(14)21)12-3-5-17-6-4-12/h4-5,11,13,16-17,25H,2-3,6-10,12,14H2,1H3;9,11-12,17-18H,1-8,10H2/t;11-/m.0/s1. The van der Waals surface area contributed by atoms with Crippen LogP contribution in [0.1, 0.15) is 69.0 Å². The van der Waals surface area contributed by atoms with Gasteiger partial charge in [0, 0.05) is 43.9 Å². The average Bonchev–Trinajstić information content (AvgIpc) is 3.21. The highest BCUT2D eigenvalue weighted by Gasteiger charge is 2.31. The molecule has 0 bridgehead atoms. The van der Waals surface area contributed by atoms with E-state index in [0.29, 0.717) is 62.3 Å². The van der Waals surface area contributed by atoms with Crippen LogP contribution in [0.3, 0.4) is 0 Å². The summed E-state index contributed by atoms with van der Waals surface area (Å²) in [5, 5.41) is 18.8. The maximum atomic E-state index is 13.1. The van der Waals surface area contributed by atoms with Crippen molar-refractivity contribution >= 4 is 60.5 Å². The number of nitrogens with one attached hydrogen (secondary N) is 3. The molecule has 4 saturated heterocycles. The second kappa shape index (κ2) is 19.7. The molecule has 0 spiro atoms. The first-order valence-corrected chi connectivity index (χ1v) is 22.2. The van der Waals surface area contributed by atoms with Gasteiger partial charge in [0.25, 0.3) is 11.1 Å². The van der Waals surface area contributed by atoms with Gasteiger partial charge in [-0.15, -0.1) is 0 Å². The van der Waals surface area contributed by atoms with Crippen LogP contribution in [-0.4, -0.2) is 98.0 Å². The van der Waals surface area contributed by atoms with Crippen molar-refractivity contribution in [2.45, 2.75) is 75.3 Å². The maximum Gasteiger partial charge on any atom is 0.287 e. The molecule has 18 heteroatoms. The predicted molar refractivity (Wildman–Crippen MR) is 218 cm³/mol. The molecule has 1 unspecified atom stereocenters. The summed E-state index contributed by atoms with van der Waals surface area (Å²) in [5.74, 6) is 0.856. The van der Waals surface area contributed by atoms with E-state index in [-0.39, 0.29) is 38.1 Å². The van der Waals surface area contributed by atoms with Crippen LogP contribution < -0.4 is 27.1 Å². The molecule has 1 aromatic carbocycles. The summed E-state index contributed by atoms with van der Waals surface area (Å²) in [6, 6.07) is 4.97. The van der Waals surface area contributed by atoms with E-state index in [1.807, 2.05) is 6.92 Å². The molecule has 2 atom stereocenters. The van der Waals surface area contributed by atoms with Crippen molar-refractivity contribution in [3.8, 4) is 0 Å². The summed E-state index contributed by atoms with van der Waals surface area (Å²) in [4.78, 5) is 25.6. The number of aryl methyl sites for hydroxylation is 1. The summed E-state index contributed by atoms with van der Waals surface area (Å²) >= 11 is 16.0. The minimum atomic E-state index is -3.59. The Labute approximate surface area is 340 Å². The highest BCUT2D eigenvalue weighted by Crippen LogP contribution is 2.29. The number of piperidine rings is 2. The second-order valence-corrected chi connectivity index (χ2v) is 18.2. The van der Waals surface area contributed by atoms with E-state index in [2.05, 4.69) is 42.1 Å². The lowest BCUT2D eigenvalue weighted by atomic mass is 10.0. The first kappa shape index (κ1) is 42.0. The van der Waals surface area contributed by atoms with E-state index >= 15 is 0 Å². The van der Waals surface area contributed by atoms with E-state index in [1.165, 1.54) is 13.7 Å². The third kappa shape index (κ3) is 10.7. The van der Waals surface area contributed by atoms with Crippen LogP contribution in [-0.2, 0) is 19.5 Å². The summed E-state index contributed by atoms with van der Waals surface area (Å²) in [5.41, 5.74) is 1.46. The van der Waals surface area contributed by atoms with Crippen molar-refractivity contribution in [3.05, 3.63) is 71.4 Å². The molecule has 14 nitrogen and oxygen atoms in total. The number of sulfonamides is 1. The fourth-order valence-corrected chi connectivity index (χ4v) is 9.61. The quantitative estimate of drug-likeness (QED) is 0.236. The van der Waals surface area contributed by atoms with Crippen LogP contribution in [0.4, 0.5) is 11.4 Å². The Balaban J connectivity index is 0.000000203. The van der Waals surface area contributed by atoms with Crippen LogP contribution in [0.2, 0.25) is 10.0 Å². The predicted octanol–water partition coefficient (Wildman–Crippen LogP) is 5.49. The summed E-state index contributed by atoms with van der Waals surface area (Å²) in [6.45, 7) is 8.89. The van der Waals surface area contributed by atoms with E-state index < -0.39 is 10.0 Å². The van der Waals surface area contributed by atoms with Crippen molar-refractivity contribution in [2.24, 2.45) is 11.8 Å². The molecule has 3 N–H and O–H groups in total. The molecule has 55 heavy (non-hydrogen) atoms. The highest BCUT2D eigenvalue weighted by atomic mass is 79.9. The minimum absolute atomic E-state index is 0.113.